The third-order valence-corrected chi connectivity index (χ3v) is 3.73. The largest absolute Gasteiger partial charge is 0.417 e. The van der Waals surface area contributed by atoms with E-state index in [2.05, 4.69) is 4.98 Å². The number of aromatic nitrogens is 1. The minimum Gasteiger partial charge on any atom is -0.333 e. The number of alkyl halides is 4. The number of hydrogen-bond donors (Lipinski definition) is 0. The Balaban J connectivity index is 2.16. The molecule has 7 heteroatoms. The maximum atomic E-state index is 12.4. The SMILES string of the molecule is O=C(c1ccc(C(F)(F)F)cn1)N1CCCCC1CCl. The first-order valence-electron chi connectivity index (χ1n) is 6.33. The fourth-order valence-electron chi connectivity index (χ4n) is 2.26. The second kappa shape index (κ2) is 5.99. The molecule has 1 saturated heterocycles. The van der Waals surface area contributed by atoms with Gasteiger partial charge in [0, 0.05) is 24.7 Å². The Kier molecular flexibility index (Phi) is 4.52. The van der Waals surface area contributed by atoms with Crippen molar-refractivity contribution in [1.29, 1.82) is 0 Å². The lowest BCUT2D eigenvalue weighted by molar-refractivity contribution is -0.137. The molecule has 0 spiro atoms. The summed E-state index contributed by atoms with van der Waals surface area (Å²) in [4.78, 5) is 17.5. The van der Waals surface area contributed by atoms with Crippen LogP contribution in [0.5, 0.6) is 0 Å². The van der Waals surface area contributed by atoms with Crippen molar-refractivity contribution in [3.05, 3.63) is 29.6 Å². The molecule has 1 aromatic rings. The molecule has 1 aliphatic rings. The number of halogens is 4. The Labute approximate surface area is 119 Å². The van der Waals surface area contributed by atoms with Crippen molar-refractivity contribution >= 4 is 17.5 Å². The minimum absolute atomic E-state index is 0.0232. The number of amides is 1. The highest BCUT2D eigenvalue weighted by Gasteiger charge is 2.32. The molecular weight excluding hydrogens is 293 g/mol. The van der Waals surface area contributed by atoms with Gasteiger partial charge in [-0.2, -0.15) is 13.2 Å². The second-order valence-corrected chi connectivity index (χ2v) is 5.04. The average molecular weight is 307 g/mol. The molecule has 0 aromatic carbocycles. The second-order valence-electron chi connectivity index (χ2n) is 4.73. The molecule has 1 unspecified atom stereocenters. The van der Waals surface area contributed by atoms with E-state index in [1.165, 1.54) is 0 Å². The molecule has 1 amide bonds. The van der Waals surface area contributed by atoms with Crippen LogP contribution in [0.3, 0.4) is 0 Å². The Morgan fingerprint density at radius 1 is 1.40 bits per heavy atom. The van der Waals surface area contributed by atoms with Crippen molar-refractivity contribution in [3.63, 3.8) is 0 Å². The van der Waals surface area contributed by atoms with Gasteiger partial charge in [-0.15, -0.1) is 11.6 Å². The number of hydrogen-bond acceptors (Lipinski definition) is 2. The summed E-state index contributed by atoms with van der Waals surface area (Å²) in [7, 11) is 0. The van der Waals surface area contributed by atoms with E-state index in [1.807, 2.05) is 0 Å². The third kappa shape index (κ3) is 3.23. The minimum atomic E-state index is -4.45. The van der Waals surface area contributed by atoms with Gasteiger partial charge in [-0.05, 0) is 31.4 Å². The molecular formula is C13H14ClF3N2O. The number of piperidine rings is 1. The van der Waals surface area contributed by atoms with Crippen LogP contribution in [0.4, 0.5) is 13.2 Å². The molecule has 0 N–H and O–H groups in total. The van der Waals surface area contributed by atoms with Crippen molar-refractivity contribution in [2.45, 2.75) is 31.5 Å². The molecule has 2 heterocycles. The summed E-state index contributed by atoms with van der Waals surface area (Å²) in [6, 6.07) is 1.92. The first kappa shape index (κ1) is 15.1. The zero-order chi connectivity index (χ0) is 14.8. The lowest BCUT2D eigenvalue weighted by Gasteiger charge is -2.34. The standard InChI is InChI=1S/C13H14ClF3N2O/c14-7-10-3-1-2-6-19(10)12(20)11-5-4-9(8-18-11)13(15,16)17/h4-5,8,10H,1-3,6-7H2. The zero-order valence-electron chi connectivity index (χ0n) is 10.7. The summed E-state index contributed by atoms with van der Waals surface area (Å²) < 4.78 is 37.3. The number of pyridine rings is 1. The van der Waals surface area contributed by atoms with Crippen molar-refractivity contribution in [2.75, 3.05) is 12.4 Å². The van der Waals surface area contributed by atoms with E-state index in [0.29, 0.717) is 18.6 Å². The van der Waals surface area contributed by atoms with E-state index in [-0.39, 0.29) is 17.6 Å². The predicted octanol–water partition coefficient (Wildman–Crippen LogP) is 3.33. The fourth-order valence-corrected chi connectivity index (χ4v) is 2.58. The Bertz CT molecular complexity index is 475. The zero-order valence-corrected chi connectivity index (χ0v) is 11.4. The van der Waals surface area contributed by atoms with Crippen LogP contribution in [0.25, 0.3) is 0 Å². The molecule has 110 valence electrons. The molecule has 0 bridgehead atoms. The topological polar surface area (TPSA) is 33.2 Å². The molecule has 3 nitrogen and oxygen atoms in total. The molecule has 1 atom stereocenters. The molecule has 1 fully saturated rings. The van der Waals surface area contributed by atoms with E-state index < -0.39 is 11.7 Å². The van der Waals surface area contributed by atoms with Gasteiger partial charge in [-0.3, -0.25) is 9.78 Å². The molecule has 1 aliphatic heterocycles. The first-order chi connectivity index (χ1) is 9.43. The van der Waals surface area contributed by atoms with Crippen molar-refractivity contribution in [2.24, 2.45) is 0 Å². The Morgan fingerprint density at radius 2 is 2.15 bits per heavy atom. The van der Waals surface area contributed by atoms with Gasteiger partial charge in [0.15, 0.2) is 0 Å². The van der Waals surface area contributed by atoms with Crippen molar-refractivity contribution in [1.82, 2.24) is 9.88 Å². The summed E-state index contributed by atoms with van der Waals surface area (Å²) in [6.45, 7) is 0.568. The van der Waals surface area contributed by atoms with Gasteiger partial charge in [-0.25, -0.2) is 0 Å². The van der Waals surface area contributed by atoms with Crippen LogP contribution in [0.2, 0.25) is 0 Å². The average Bonchev–Trinajstić information content (AvgIpc) is 2.45. The van der Waals surface area contributed by atoms with Gasteiger partial charge in [0.1, 0.15) is 5.69 Å². The highest BCUT2D eigenvalue weighted by Crippen LogP contribution is 2.28. The lowest BCUT2D eigenvalue weighted by Crippen LogP contribution is -2.45. The summed E-state index contributed by atoms with van der Waals surface area (Å²) in [5.41, 5.74) is -0.836. The van der Waals surface area contributed by atoms with Gasteiger partial charge in [0.25, 0.3) is 5.91 Å². The summed E-state index contributed by atoms with van der Waals surface area (Å²) >= 11 is 5.83. The third-order valence-electron chi connectivity index (χ3n) is 3.38. The summed E-state index contributed by atoms with van der Waals surface area (Å²) in [6.07, 6.45) is -1.07. The van der Waals surface area contributed by atoms with Crippen LogP contribution >= 0.6 is 11.6 Å². The molecule has 0 aliphatic carbocycles. The maximum Gasteiger partial charge on any atom is 0.417 e. The molecule has 0 radical (unpaired) electrons. The normalized spacial score (nSPS) is 20.0. The number of likely N-dealkylation sites (tertiary alicyclic amines) is 1. The lowest BCUT2D eigenvalue weighted by atomic mass is 10.0. The van der Waals surface area contributed by atoms with Gasteiger partial charge in [-0.1, -0.05) is 0 Å². The van der Waals surface area contributed by atoms with Crippen LogP contribution in [-0.2, 0) is 6.18 Å². The molecule has 20 heavy (non-hydrogen) atoms. The van der Waals surface area contributed by atoms with Crippen LogP contribution in [0, 0.1) is 0 Å². The van der Waals surface area contributed by atoms with Gasteiger partial charge >= 0.3 is 6.18 Å². The van der Waals surface area contributed by atoms with Gasteiger partial charge in [0.2, 0.25) is 0 Å². The molecule has 2 rings (SSSR count). The maximum absolute atomic E-state index is 12.4. The highest BCUT2D eigenvalue weighted by atomic mass is 35.5. The van der Waals surface area contributed by atoms with Crippen LogP contribution < -0.4 is 0 Å². The van der Waals surface area contributed by atoms with E-state index in [0.717, 1.165) is 31.4 Å². The van der Waals surface area contributed by atoms with E-state index in [4.69, 9.17) is 11.6 Å². The molecule has 0 saturated carbocycles. The van der Waals surface area contributed by atoms with Gasteiger partial charge in [0.05, 0.1) is 5.56 Å². The number of carbonyl (C=O) groups is 1. The molecule has 1 aromatic heterocycles. The van der Waals surface area contributed by atoms with Gasteiger partial charge < -0.3 is 4.90 Å². The van der Waals surface area contributed by atoms with Crippen LogP contribution in [0.15, 0.2) is 18.3 Å². The first-order valence-corrected chi connectivity index (χ1v) is 6.87. The number of carbonyl (C=O) groups excluding carboxylic acids is 1. The predicted molar refractivity (Wildman–Crippen MR) is 68.6 cm³/mol. The van der Waals surface area contributed by atoms with E-state index in [1.54, 1.807) is 4.90 Å². The number of nitrogens with zero attached hydrogens (tertiary/aromatic N) is 2. The van der Waals surface area contributed by atoms with E-state index >= 15 is 0 Å². The van der Waals surface area contributed by atoms with Crippen molar-refractivity contribution < 1.29 is 18.0 Å². The summed E-state index contributed by atoms with van der Waals surface area (Å²) in [5, 5.41) is 0. The smallest absolute Gasteiger partial charge is 0.333 e. The Morgan fingerprint density at radius 3 is 2.70 bits per heavy atom. The number of rotatable bonds is 2. The van der Waals surface area contributed by atoms with Crippen LogP contribution in [0.1, 0.15) is 35.3 Å². The fraction of sp³-hybridized carbons (Fsp3) is 0.538. The van der Waals surface area contributed by atoms with Crippen LogP contribution in [-0.4, -0.2) is 34.3 Å². The summed E-state index contributed by atoms with van der Waals surface area (Å²) in [5.74, 6) is -0.0316. The van der Waals surface area contributed by atoms with Crippen molar-refractivity contribution in [3.8, 4) is 0 Å². The Hall–Kier alpha value is -1.30. The highest BCUT2D eigenvalue weighted by molar-refractivity contribution is 6.18. The van der Waals surface area contributed by atoms with E-state index in [9.17, 15) is 18.0 Å². The monoisotopic (exact) mass is 306 g/mol. The quantitative estimate of drug-likeness (QED) is 0.785.